The van der Waals surface area contributed by atoms with E-state index in [-0.39, 0.29) is 0 Å². The van der Waals surface area contributed by atoms with Crippen LogP contribution in [0, 0.1) is 5.92 Å². The molecule has 0 aliphatic carbocycles. The van der Waals surface area contributed by atoms with Crippen LogP contribution in [0.1, 0.15) is 18.7 Å². The second-order valence-corrected chi connectivity index (χ2v) is 4.00. The lowest BCUT2D eigenvalue weighted by Gasteiger charge is -2.12. The minimum atomic E-state index is -1.47. The van der Waals surface area contributed by atoms with E-state index in [9.17, 15) is 9.18 Å². The molecule has 1 aromatic rings. The van der Waals surface area contributed by atoms with E-state index in [1.165, 1.54) is 6.92 Å². The average Bonchev–Trinajstić information content (AvgIpc) is 2.15. The molecule has 0 radical (unpaired) electrons. The summed E-state index contributed by atoms with van der Waals surface area (Å²) in [6, 6.07) is 6.61. The molecule has 0 bridgehead atoms. The predicted octanol–water partition coefficient (Wildman–Crippen LogP) is 3.18. The van der Waals surface area contributed by atoms with Gasteiger partial charge < -0.3 is 5.11 Å². The average molecular weight is 261 g/mol. The van der Waals surface area contributed by atoms with Gasteiger partial charge >= 0.3 is 5.97 Å². The summed E-state index contributed by atoms with van der Waals surface area (Å²) in [4.78, 5) is 10.5. The number of aliphatic carboxylic acids is 1. The SMILES string of the molecule is CC(C(=O)O)C(F)c1cccc(Br)c1. The first kappa shape index (κ1) is 11.2. The van der Waals surface area contributed by atoms with Crippen molar-refractivity contribution in [3.05, 3.63) is 34.3 Å². The Bertz CT molecular complexity index is 341. The molecule has 2 nitrogen and oxygen atoms in total. The molecule has 0 saturated heterocycles. The van der Waals surface area contributed by atoms with Crippen LogP contribution in [0.15, 0.2) is 28.7 Å². The Kier molecular flexibility index (Phi) is 3.63. The lowest BCUT2D eigenvalue weighted by atomic mass is 9.99. The van der Waals surface area contributed by atoms with Gasteiger partial charge in [0.15, 0.2) is 0 Å². The summed E-state index contributed by atoms with van der Waals surface area (Å²) >= 11 is 3.20. The number of rotatable bonds is 3. The van der Waals surface area contributed by atoms with Crippen molar-refractivity contribution >= 4 is 21.9 Å². The van der Waals surface area contributed by atoms with Crippen LogP contribution in [-0.4, -0.2) is 11.1 Å². The number of benzene rings is 1. The van der Waals surface area contributed by atoms with Crippen LogP contribution >= 0.6 is 15.9 Å². The molecule has 1 rings (SSSR count). The monoisotopic (exact) mass is 260 g/mol. The number of carbonyl (C=O) groups is 1. The molecule has 0 heterocycles. The molecule has 76 valence electrons. The summed E-state index contributed by atoms with van der Waals surface area (Å²) in [6.45, 7) is 1.36. The largest absolute Gasteiger partial charge is 0.481 e. The zero-order valence-electron chi connectivity index (χ0n) is 7.58. The second-order valence-electron chi connectivity index (χ2n) is 3.08. The van der Waals surface area contributed by atoms with E-state index in [4.69, 9.17) is 5.11 Å². The van der Waals surface area contributed by atoms with Gasteiger partial charge in [0.2, 0.25) is 0 Å². The van der Waals surface area contributed by atoms with Crippen molar-refractivity contribution in [2.75, 3.05) is 0 Å². The Labute approximate surface area is 89.9 Å². The van der Waals surface area contributed by atoms with Crippen LogP contribution < -0.4 is 0 Å². The minimum absolute atomic E-state index is 0.384. The summed E-state index contributed by atoms with van der Waals surface area (Å²) in [5, 5.41) is 8.63. The predicted molar refractivity (Wildman–Crippen MR) is 54.8 cm³/mol. The second kappa shape index (κ2) is 4.55. The van der Waals surface area contributed by atoms with Crippen molar-refractivity contribution < 1.29 is 14.3 Å². The highest BCUT2D eigenvalue weighted by molar-refractivity contribution is 9.10. The van der Waals surface area contributed by atoms with Crippen molar-refractivity contribution in [3.8, 4) is 0 Å². The first-order valence-corrected chi connectivity index (χ1v) is 4.94. The zero-order valence-corrected chi connectivity index (χ0v) is 9.16. The van der Waals surface area contributed by atoms with Crippen LogP contribution in [-0.2, 0) is 4.79 Å². The topological polar surface area (TPSA) is 37.3 Å². The van der Waals surface area contributed by atoms with Crippen LogP contribution in [0.3, 0.4) is 0 Å². The van der Waals surface area contributed by atoms with Crippen molar-refractivity contribution in [2.24, 2.45) is 5.92 Å². The molecule has 0 amide bonds. The van der Waals surface area contributed by atoms with Crippen molar-refractivity contribution in [3.63, 3.8) is 0 Å². The zero-order chi connectivity index (χ0) is 10.7. The first-order valence-electron chi connectivity index (χ1n) is 4.14. The molecule has 1 aromatic carbocycles. The lowest BCUT2D eigenvalue weighted by molar-refractivity contribution is -0.143. The Hall–Kier alpha value is -0.900. The van der Waals surface area contributed by atoms with Crippen LogP contribution in [0.25, 0.3) is 0 Å². The van der Waals surface area contributed by atoms with Gasteiger partial charge in [-0.1, -0.05) is 28.1 Å². The molecule has 0 spiro atoms. The van der Waals surface area contributed by atoms with Crippen LogP contribution in [0.5, 0.6) is 0 Å². The van der Waals surface area contributed by atoms with Crippen molar-refractivity contribution in [2.45, 2.75) is 13.1 Å². The van der Waals surface area contributed by atoms with Crippen LogP contribution in [0.4, 0.5) is 4.39 Å². The van der Waals surface area contributed by atoms with E-state index >= 15 is 0 Å². The third-order valence-electron chi connectivity index (χ3n) is 2.00. The number of carboxylic acid groups (broad SMARTS) is 1. The molecule has 14 heavy (non-hydrogen) atoms. The molecule has 2 unspecified atom stereocenters. The van der Waals surface area contributed by atoms with Gasteiger partial charge in [-0.15, -0.1) is 0 Å². The number of halogens is 2. The van der Waals surface area contributed by atoms with Gasteiger partial charge in [-0.3, -0.25) is 4.79 Å². The van der Waals surface area contributed by atoms with Gasteiger partial charge in [0.05, 0.1) is 5.92 Å². The van der Waals surface area contributed by atoms with E-state index in [2.05, 4.69) is 15.9 Å². The van der Waals surface area contributed by atoms with Gasteiger partial charge in [0.25, 0.3) is 0 Å². The fourth-order valence-corrected chi connectivity index (χ4v) is 1.51. The molecule has 0 fully saturated rings. The third kappa shape index (κ3) is 2.54. The fourth-order valence-electron chi connectivity index (χ4n) is 1.09. The normalized spacial score (nSPS) is 14.8. The summed E-state index contributed by atoms with van der Waals surface area (Å²) in [5.74, 6) is -2.15. The van der Waals surface area contributed by atoms with Crippen molar-refractivity contribution in [1.29, 1.82) is 0 Å². The smallest absolute Gasteiger partial charge is 0.309 e. The summed E-state index contributed by atoms with van der Waals surface area (Å²) in [7, 11) is 0. The summed E-state index contributed by atoms with van der Waals surface area (Å²) in [6.07, 6.45) is -1.47. The number of alkyl halides is 1. The van der Waals surface area contributed by atoms with Gasteiger partial charge in [-0.05, 0) is 24.6 Å². The van der Waals surface area contributed by atoms with E-state index in [1.54, 1.807) is 24.3 Å². The van der Waals surface area contributed by atoms with E-state index in [1.807, 2.05) is 0 Å². The fraction of sp³-hybridized carbons (Fsp3) is 0.300. The lowest BCUT2D eigenvalue weighted by Crippen LogP contribution is -2.15. The standard InChI is InChI=1S/C10H10BrFO2/c1-6(10(13)14)9(12)7-3-2-4-8(11)5-7/h2-6,9H,1H3,(H,13,14). The van der Waals surface area contributed by atoms with E-state index in [0.717, 1.165) is 4.47 Å². The van der Waals surface area contributed by atoms with E-state index < -0.39 is 18.1 Å². The highest BCUT2D eigenvalue weighted by Gasteiger charge is 2.24. The molecule has 0 saturated carbocycles. The summed E-state index contributed by atoms with van der Waals surface area (Å²) in [5.41, 5.74) is 0.384. The molecule has 0 aromatic heterocycles. The minimum Gasteiger partial charge on any atom is -0.481 e. The Morgan fingerprint density at radius 1 is 1.57 bits per heavy atom. The molecule has 0 aliphatic heterocycles. The number of hydrogen-bond acceptors (Lipinski definition) is 1. The first-order chi connectivity index (χ1) is 6.52. The molecule has 1 N–H and O–H groups in total. The maximum atomic E-state index is 13.6. The highest BCUT2D eigenvalue weighted by atomic mass is 79.9. The van der Waals surface area contributed by atoms with Gasteiger partial charge in [-0.25, -0.2) is 4.39 Å². The maximum absolute atomic E-state index is 13.6. The number of hydrogen-bond donors (Lipinski definition) is 1. The molecule has 0 aliphatic rings. The molecule has 4 heteroatoms. The van der Waals surface area contributed by atoms with Gasteiger partial charge in [0, 0.05) is 4.47 Å². The highest BCUT2D eigenvalue weighted by Crippen LogP contribution is 2.27. The third-order valence-corrected chi connectivity index (χ3v) is 2.49. The quantitative estimate of drug-likeness (QED) is 0.907. The maximum Gasteiger partial charge on any atom is 0.309 e. The molecular formula is C10H10BrFO2. The Morgan fingerprint density at radius 3 is 2.71 bits per heavy atom. The summed E-state index contributed by atoms with van der Waals surface area (Å²) < 4.78 is 14.3. The molecule has 2 atom stereocenters. The van der Waals surface area contributed by atoms with Gasteiger partial charge in [-0.2, -0.15) is 0 Å². The van der Waals surface area contributed by atoms with E-state index in [0.29, 0.717) is 5.56 Å². The van der Waals surface area contributed by atoms with Crippen molar-refractivity contribution in [1.82, 2.24) is 0 Å². The van der Waals surface area contributed by atoms with Gasteiger partial charge in [0.1, 0.15) is 6.17 Å². The number of carboxylic acids is 1. The Balaban J connectivity index is 2.89. The Morgan fingerprint density at radius 2 is 2.21 bits per heavy atom. The molecular weight excluding hydrogens is 251 g/mol. The van der Waals surface area contributed by atoms with Crippen LogP contribution in [0.2, 0.25) is 0 Å².